The van der Waals surface area contributed by atoms with Crippen molar-refractivity contribution in [2.24, 2.45) is 5.10 Å². The number of hydrogen-bond donors (Lipinski definition) is 3. The predicted molar refractivity (Wildman–Crippen MR) is 117 cm³/mol. The summed E-state index contributed by atoms with van der Waals surface area (Å²) in [5.41, 5.74) is -0.345. The normalized spacial score (nSPS) is 18.8. The first-order chi connectivity index (χ1) is 14.4. The van der Waals surface area contributed by atoms with Crippen molar-refractivity contribution >= 4 is 27.0 Å². The molecule has 0 aromatic heterocycles. The zero-order valence-corrected chi connectivity index (χ0v) is 16.8. The first-order valence-electron chi connectivity index (χ1n) is 9.32. The fourth-order valence-electron chi connectivity index (χ4n) is 3.61. The number of benzene rings is 3. The number of phenols is 2. The summed E-state index contributed by atoms with van der Waals surface area (Å²) in [5.74, 6) is -0.159. The van der Waals surface area contributed by atoms with Gasteiger partial charge in [0.2, 0.25) is 0 Å². The molecule has 0 radical (unpaired) electrons. The number of allylic oxidation sites excluding steroid dienone is 4. The number of aromatic hydroxyl groups is 2. The van der Waals surface area contributed by atoms with Gasteiger partial charge in [0.15, 0.2) is 0 Å². The van der Waals surface area contributed by atoms with Gasteiger partial charge in [-0.1, -0.05) is 66.8 Å². The van der Waals surface area contributed by atoms with Crippen molar-refractivity contribution in [3.05, 3.63) is 90.5 Å². The number of phenolic OH excluding ortho intramolecular Hbond substituents is 2. The van der Waals surface area contributed by atoms with Crippen LogP contribution in [0.3, 0.4) is 0 Å². The van der Waals surface area contributed by atoms with E-state index in [1.807, 2.05) is 36.4 Å². The smallest absolute Gasteiger partial charge is 0.277 e. The van der Waals surface area contributed by atoms with Crippen LogP contribution in [-0.2, 0) is 15.4 Å². The molecule has 152 valence electrons. The maximum atomic E-state index is 12.9. The second kappa shape index (κ2) is 7.68. The molecule has 1 unspecified atom stereocenters. The summed E-state index contributed by atoms with van der Waals surface area (Å²) in [6, 6.07) is 16.6. The average Bonchev–Trinajstić information content (AvgIpc) is 2.73. The highest BCUT2D eigenvalue weighted by Crippen LogP contribution is 2.38. The maximum absolute atomic E-state index is 12.9. The van der Waals surface area contributed by atoms with E-state index >= 15 is 0 Å². The quantitative estimate of drug-likeness (QED) is 0.430. The number of fused-ring (bicyclic) bond motifs is 1. The first-order valence-corrected chi connectivity index (χ1v) is 10.8. The van der Waals surface area contributed by atoms with Gasteiger partial charge in [-0.15, -0.1) is 0 Å². The third kappa shape index (κ3) is 3.67. The lowest BCUT2D eigenvalue weighted by molar-refractivity contribution is 0.441. The Labute approximate surface area is 174 Å². The molecule has 6 nitrogen and oxygen atoms in total. The van der Waals surface area contributed by atoms with Crippen molar-refractivity contribution in [1.29, 1.82) is 0 Å². The highest BCUT2D eigenvalue weighted by atomic mass is 32.2. The second-order valence-corrected chi connectivity index (χ2v) is 8.69. The number of rotatable bonds is 5. The molecule has 0 spiro atoms. The van der Waals surface area contributed by atoms with Gasteiger partial charge in [0, 0.05) is 23.2 Å². The van der Waals surface area contributed by atoms with Gasteiger partial charge in [-0.3, -0.25) is 0 Å². The van der Waals surface area contributed by atoms with Gasteiger partial charge in [-0.05, 0) is 23.9 Å². The van der Waals surface area contributed by atoms with Crippen molar-refractivity contribution in [3.63, 3.8) is 0 Å². The van der Waals surface area contributed by atoms with E-state index in [2.05, 4.69) is 9.93 Å². The first kappa shape index (κ1) is 19.7. The van der Waals surface area contributed by atoms with Crippen molar-refractivity contribution in [3.8, 4) is 11.5 Å². The fourth-order valence-corrected chi connectivity index (χ4v) is 4.63. The molecule has 4 rings (SSSR count). The fraction of sp³-hybridized carbons (Fsp3) is 0.0870. The van der Waals surface area contributed by atoms with Crippen LogP contribution in [0.15, 0.2) is 95.0 Å². The van der Waals surface area contributed by atoms with E-state index in [-0.39, 0.29) is 16.4 Å². The summed E-state index contributed by atoms with van der Waals surface area (Å²) < 4.78 is 25.8. The van der Waals surface area contributed by atoms with E-state index in [1.54, 1.807) is 30.3 Å². The zero-order chi connectivity index (χ0) is 21.2. The molecule has 0 saturated carbocycles. The molecule has 1 aliphatic rings. The Bertz CT molecular complexity index is 1290. The molecule has 1 aliphatic carbocycles. The number of hydrogen-bond acceptors (Lipinski definition) is 5. The summed E-state index contributed by atoms with van der Waals surface area (Å²) in [5, 5.41) is 25.4. The molecule has 3 N–H and O–H groups in total. The molecule has 0 heterocycles. The molecule has 3 aromatic rings. The lowest BCUT2D eigenvalue weighted by Gasteiger charge is -2.28. The van der Waals surface area contributed by atoms with Gasteiger partial charge >= 0.3 is 0 Å². The minimum absolute atomic E-state index is 0.0599. The van der Waals surface area contributed by atoms with Crippen molar-refractivity contribution < 1.29 is 18.6 Å². The van der Waals surface area contributed by atoms with E-state index in [0.29, 0.717) is 17.4 Å². The Morgan fingerprint density at radius 1 is 1.00 bits per heavy atom. The lowest BCUT2D eigenvalue weighted by Crippen LogP contribution is -2.28. The van der Waals surface area contributed by atoms with Crippen molar-refractivity contribution in [2.75, 3.05) is 0 Å². The summed E-state index contributed by atoms with van der Waals surface area (Å²) in [4.78, 5) is 2.43. The monoisotopic (exact) mass is 420 g/mol. The van der Waals surface area contributed by atoms with Gasteiger partial charge in [0.25, 0.3) is 10.0 Å². The minimum atomic E-state index is -3.91. The van der Waals surface area contributed by atoms with Crippen molar-refractivity contribution in [2.45, 2.75) is 16.7 Å². The Hall–Kier alpha value is -3.58. The highest BCUT2D eigenvalue weighted by Gasteiger charge is 2.31. The molecule has 0 amide bonds. The van der Waals surface area contributed by atoms with Crippen LogP contribution in [0, 0.1) is 0 Å². The summed E-state index contributed by atoms with van der Waals surface area (Å²) >= 11 is 0. The van der Waals surface area contributed by atoms with Crippen LogP contribution in [0.4, 0.5) is 0 Å². The third-order valence-corrected chi connectivity index (χ3v) is 6.37. The number of sulfonamides is 1. The summed E-state index contributed by atoms with van der Waals surface area (Å²) in [6.07, 6.45) is 9.33. The van der Waals surface area contributed by atoms with Crippen LogP contribution in [0.1, 0.15) is 12.0 Å². The van der Waals surface area contributed by atoms with E-state index in [4.69, 9.17) is 0 Å². The Morgan fingerprint density at radius 3 is 2.57 bits per heavy atom. The Morgan fingerprint density at radius 2 is 1.80 bits per heavy atom. The van der Waals surface area contributed by atoms with E-state index in [0.717, 1.165) is 5.39 Å². The molecule has 0 fully saturated rings. The summed E-state index contributed by atoms with van der Waals surface area (Å²) in [7, 11) is -3.91. The van der Waals surface area contributed by atoms with Crippen LogP contribution in [0.2, 0.25) is 0 Å². The topological polar surface area (TPSA) is 99.0 Å². The van der Waals surface area contributed by atoms with E-state index in [9.17, 15) is 18.6 Å². The molecule has 0 saturated heterocycles. The van der Waals surface area contributed by atoms with Crippen LogP contribution in [0.25, 0.3) is 10.8 Å². The summed E-state index contributed by atoms with van der Waals surface area (Å²) in [6.45, 7) is 0. The van der Waals surface area contributed by atoms with Crippen LogP contribution < -0.4 is 4.83 Å². The van der Waals surface area contributed by atoms with Gasteiger partial charge in [0.05, 0.1) is 10.3 Å². The molecule has 0 bridgehead atoms. The third-order valence-electron chi connectivity index (χ3n) is 5.09. The number of hydrazone groups is 1. The molecule has 3 aromatic carbocycles. The number of nitrogens with zero attached hydrogens (tertiary/aromatic N) is 1. The van der Waals surface area contributed by atoms with E-state index < -0.39 is 15.4 Å². The Kier molecular flexibility index (Phi) is 5.05. The predicted octanol–water partition coefficient (Wildman–Crippen LogP) is 3.97. The highest BCUT2D eigenvalue weighted by molar-refractivity contribution is 7.89. The van der Waals surface area contributed by atoms with Crippen LogP contribution in [0.5, 0.6) is 11.5 Å². The second-order valence-electron chi connectivity index (χ2n) is 7.06. The zero-order valence-electron chi connectivity index (χ0n) is 15.9. The van der Waals surface area contributed by atoms with Gasteiger partial charge in [-0.25, -0.2) is 4.83 Å². The molecule has 0 aliphatic heterocycles. The van der Waals surface area contributed by atoms with Gasteiger partial charge in [0.1, 0.15) is 11.5 Å². The maximum Gasteiger partial charge on any atom is 0.277 e. The van der Waals surface area contributed by atoms with Gasteiger partial charge in [-0.2, -0.15) is 13.5 Å². The minimum Gasteiger partial charge on any atom is -0.508 e. The molecule has 1 atom stereocenters. The Balaban J connectivity index is 1.68. The molecule has 7 heteroatoms. The van der Waals surface area contributed by atoms with Crippen LogP contribution in [-0.4, -0.2) is 24.8 Å². The van der Waals surface area contributed by atoms with Gasteiger partial charge < -0.3 is 10.2 Å². The average molecular weight is 420 g/mol. The molecule has 30 heavy (non-hydrogen) atoms. The standard InChI is InChI=1S/C23H20N2O4S/c26-18-11-12-20(21(27)15-18)23(13-4-1-5-14-23)16-24-25-30(28,29)22-10-6-8-17-7-2-3-9-19(17)22/h1-13,15-16,25-27H,14H2. The van der Waals surface area contributed by atoms with E-state index in [1.165, 1.54) is 24.4 Å². The number of nitrogens with one attached hydrogen (secondary N) is 1. The largest absolute Gasteiger partial charge is 0.508 e. The lowest BCUT2D eigenvalue weighted by atomic mass is 9.76. The molecular formula is C23H20N2O4S. The van der Waals surface area contributed by atoms with Crippen LogP contribution >= 0.6 is 0 Å². The molecular weight excluding hydrogens is 400 g/mol. The van der Waals surface area contributed by atoms with Crippen molar-refractivity contribution in [1.82, 2.24) is 4.83 Å². The SMILES string of the molecule is O=S(=O)(NN=CC1(c2ccc(O)cc2O)C=CC=CC1)c1cccc2ccccc12.